The van der Waals surface area contributed by atoms with Crippen molar-refractivity contribution in [2.45, 2.75) is 64.7 Å². The lowest BCUT2D eigenvalue weighted by Gasteiger charge is -2.15. The fraction of sp³-hybridized carbons (Fsp3) is 0.364. The van der Waals surface area contributed by atoms with Gasteiger partial charge in [0.1, 0.15) is 17.3 Å². The number of carboxylic acids is 2. The minimum absolute atomic E-state index is 0.00834. The van der Waals surface area contributed by atoms with Crippen LogP contribution in [0.15, 0.2) is 60.7 Å². The molecule has 0 aromatic heterocycles. The van der Waals surface area contributed by atoms with Crippen molar-refractivity contribution in [2.75, 3.05) is 13.2 Å². The lowest BCUT2D eigenvalue weighted by Crippen LogP contribution is -2.07. The number of benzene rings is 3. The fourth-order valence-electron chi connectivity index (χ4n) is 4.58. The molecule has 0 fully saturated rings. The molecule has 3 aromatic rings. The van der Waals surface area contributed by atoms with Crippen molar-refractivity contribution in [1.82, 2.24) is 0 Å². The van der Waals surface area contributed by atoms with Crippen LogP contribution in [0.1, 0.15) is 73.4 Å². The van der Waals surface area contributed by atoms with E-state index in [0.29, 0.717) is 42.1 Å². The van der Waals surface area contributed by atoms with E-state index in [-0.39, 0.29) is 31.0 Å². The van der Waals surface area contributed by atoms with Gasteiger partial charge in [0.05, 0.1) is 13.2 Å². The Morgan fingerprint density at radius 2 is 1.46 bits per heavy atom. The molecular formula is C33H37FO7. The SMILES string of the molecule is CC(=O)c1cc(OCCCCCCc2cccc(OCCCC(=O)O)c2CCC(=O)O)cc(-c2cccc(F)c2)c1. The Balaban J connectivity index is 1.51. The molecule has 218 valence electrons. The van der Waals surface area contributed by atoms with E-state index in [2.05, 4.69) is 0 Å². The summed E-state index contributed by atoms with van der Waals surface area (Å²) >= 11 is 0. The molecule has 0 aliphatic rings. The van der Waals surface area contributed by atoms with Gasteiger partial charge in [0.25, 0.3) is 0 Å². The highest BCUT2D eigenvalue weighted by Gasteiger charge is 2.13. The van der Waals surface area contributed by atoms with Crippen LogP contribution in [0.4, 0.5) is 4.39 Å². The molecule has 2 N–H and O–H groups in total. The number of carbonyl (C=O) groups excluding carboxylic acids is 1. The van der Waals surface area contributed by atoms with Crippen LogP contribution in [0.2, 0.25) is 0 Å². The van der Waals surface area contributed by atoms with Crippen molar-refractivity contribution in [3.05, 3.63) is 83.2 Å². The molecule has 41 heavy (non-hydrogen) atoms. The number of unbranched alkanes of at least 4 members (excludes halogenated alkanes) is 3. The number of Topliss-reactive ketones (excluding diaryl/α,β-unsaturated/α-hetero) is 1. The number of aliphatic carboxylic acids is 2. The number of aryl methyl sites for hydroxylation is 1. The molecule has 0 unspecified atom stereocenters. The van der Waals surface area contributed by atoms with Gasteiger partial charge >= 0.3 is 11.9 Å². The maximum absolute atomic E-state index is 13.7. The number of hydrogen-bond acceptors (Lipinski definition) is 5. The van der Waals surface area contributed by atoms with E-state index in [0.717, 1.165) is 48.8 Å². The molecule has 0 spiro atoms. The Morgan fingerprint density at radius 3 is 2.20 bits per heavy atom. The number of carboxylic acid groups (broad SMARTS) is 2. The highest BCUT2D eigenvalue weighted by molar-refractivity contribution is 5.96. The summed E-state index contributed by atoms with van der Waals surface area (Å²) in [6.45, 7) is 2.23. The summed E-state index contributed by atoms with van der Waals surface area (Å²) in [6, 6.07) is 17.2. The minimum atomic E-state index is -0.881. The number of carbonyl (C=O) groups is 3. The quantitative estimate of drug-likeness (QED) is 0.125. The van der Waals surface area contributed by atoms with E-state index >= 15 is 0 Å². The maximum atomic E-state index is 13.7. The van der Waals surface area contributed by atoms with Gasteiger partial charge in [-0.3, -0.25) is 14.4 Å². The van der Waals surface area contributed by atoms with E-state index < -0.39 is 11.9 Å². The first-order valence-corrected chi connectivity index (χ1v) is 13.9. The van der Waals surface area contributed by atoms with Crippen molar-refractivity contribution < 1.29 is 38.5 Å². The van der Waals surface area contributed by atoms with Gasteiger partial charge in [-0.2, -0.15) is 0 Å². The van der Waals surface area contributed by atoms with Crippen molar-refractivity contribution in [2.24, 2.45) is 0 Å². The van der Waals surface area contributed by atoms with Crippen LogP contribution < -0.4 is 9.47 Å². The summed E-state index contributed by atoms with van der Waals surface area (Å²) in [4.78, 5) is 34.0. The zero-order chi connectivity index (χ0) is 29.6. The van der Waals surface area contributed by atoms with Crippen molar-refractivity contribution in [1.29, 1.82) is 0 Å². The standard InChI is InChI=1S/C33H37FO7/c1-23(35)26-19-27(25-11-6-12-28(34)20-25)22-29(21-26)40-17-5-3-2-4-9-24-10-7-13-31(30(24)15-16-33(38)39)41-18-8-14-32(36)37/h6-7,10-13,19-22H,2-5,8-9,14-18H2,1H3,(H,36,37)(H,38,39). The second kappa shape index (κ2) is 16.2. The second-order valence-corrected chi connectivity index (χ2v) is 9.96. The predicted molar refractivity (Wildman–Crippen MR) is 154 cm³/mol. The molecule has 0 saturated heterocycles. The Bertz CT molecular complexity index is 1330. The number of halogens is 1. The summed E-state index contributed by atoms with van der Waals surface area (Å²) in [5, 5.41) is 18.0. The summed E-state index contributed by atoms with van der Waals surface area (Å²) in [5.41, 5.74) is 3.82. The third kappa shape index (κ3) is 10.7. The van der Waals surface area contributed by atoms with Crippen LogP contribution in [0.3, 0.4) is 0 Å². The molecular weight excluding hydrogens is 527 g/mol. The molecule has 0 aliphatic heterocycles. The summed E-state index contributed by atoms with van der Waals surface area (Å²) < 4.78 is 25.5. The average molecular weight is 565 g/mol. The molecule has 0 aliphatic carbocycles. The molecule has 0 amide bonds. The number of rotatable bonds is 18. The molecule has 3 rings (SSSR count). The Labute approximate surface area is 239 Å². The van der Waals surface area contributed by atoms with E-state index in [4.69, 9.17) is 14.6 Å². The van der Waals surface area contributed by atoms with Gasteiger partial charge in [-0.25, -0.2) is 4.39 Å². The minimum Gasteiger partial charge on any atom is -0.494 e. The van der Waals surface area contributed by atoms with Crippen molar-refractivity contribution >= 4 is 17.7 Å². The van der Waals surface area contributed by atoms with Crippen LogP contribution in [0.25, 0.3) is 11.1 Å². The summed E-state index contributed by atoms with van der Waals surface area (Å²) in [5.74, 6) is -1.01. The lowest BCUT2D eigenvalue weighted by molar-refractivity contribution is -0.138. The van der Waals surface area contributed by atoms with Gasteiger partial charge < -0.3 is 19.7 Å². The first kappa shape index (κ1) is 31.3. The highest BCUT2D eigenvalue weighted by Crippen LogP contribution is 2.28. The summed E-state index contributed by atoms with van der Waals surface area (Å²) in [6.07, 6.45) is 5.13. The van der Waals surface area contributed by atoms with Crippen LogP contribution in [-0.4, -0.2) is 41.1 Å². The Morgan fingerprint density at radius 1 is 0.732 bits per heavy atom. The van der Waals surface area contributed by atoms with E-state index in [1.165, 1.54) is 19.1 Å². The topological polar surface area (TPSA) is 110 Å². The Kier molecular flexibility index (Phi) is 12.3. The number of ether oxygens (including phenoxy) is 2. The second-order valence-electron chi connectivity index (χ2n) is 9.96. The largest absolute Gasteiger partial charge is 0.494 e. The van der Waals surface area contributed by atoms with Crippen molar-refractivity contribution in [3.8, 4) is 22.6 Å². The van der Waals surface area contributed by atoms with Gasteiger partial charge in [0.15, 0.2) is 5.78 Å². The zero-order valence-corrected chi connectivity index (χ0v) is 23.4. The third-order valence-corrected chi connectivity index (χ3v) is 6.69. The van der Waals surface area contributed by atoms with E-state index in [1.54, 1.807) is 30.3 Å². The molecule has 0 heterocycles. The number of hydrogen-bond donors (Lipinski definition) is 2. The van der Waals surface area contributed by atoms with E-state index in [9.17, 15) is 23.9 Å². The monoisotopic (exact) mass is 564 g/mol. The Hall–Kier alpha value is -4.20. The van der Waals surface area contributed by atoms with Gasteiger partial charge in [0, 0.05) is 18.4 Å². The van der Waals surface area contributed by atoms with Gasteiger partial charge in [-0.15, -0.1) is 0 Å². The van der Waals surface area contributed by atoms with Crippen LogP contribution >= 0.6 is 0 Å². The zero-order valence-electron chi connectivity index (χ0n) is 23.4. The predicted octanol–water partition coefficient (Wildman–Crippen LogP) is 7.14. The van der Waals surface area contributed by atoms with E-state index in [1.807, 2.05) is 18.2 Å². The van der Waals surface area contributed by atoms with Gasteiger partial charge in [-0.1, -0.05) is 37.1 Å². The van der Waals surface area contributed by atoms with Crippen LogP contribution in [-0.2, 0) is 22.4 Å². The lowest BCUT2D eigenvalue weighted by atomic mass is 9.97. The molecule has 8 heteroatoms. The molecule has 0 bridgehead atoms. The van der Waals surface area contributed by atoms with Crippen LogP contribution in [0, 0.1) is 5.82 Å². The molecule has 3 aromatic carbocycles. The maximum Gasteiger partial charge on any atom is 0.303 e. The molecule has 0 radical (unpaired) electrons. The fourth-order valence-corrected chi connectivity index (χ4v) is 4.58. The summed E-state index contributed by atoms with van der Waals surface area (Å²) in [7, 11) is 0. The molecule has 0 atom stereocenters. The van der Waals surface area contributed by atoms with Gasteiger partial charge in [0.2, 0.25) is 0 Å². The third-order valence-electron chi connectivity index (χ3n) is 6.69. The first-order valence-electron chi connectivity index (χ1n) is 13.9. The van der Waals surface area contributed by atoms with Crippen LogP contribution in [0.5, 0.6) is 11.5 Å². The normalized spacial score (nSPS) is 10.8. The van der Waals surface area contributed by atoms with Gasteiger partial charge in [-0.05, 0) is 97.7 Å². The first-order chi connectivity index (χ1) is 19.7. The smallest absolute Gasteiger partial charge is 0.303 e. The highest BCUT2D eigenvalue weighted by atomic mass is 19.1. The van der Waals surface area contributed by atoms with Crippen molar-refractivity contribution in [3.63, 3.8) is 0 Å². The number of ketones is 1. The average Bonchev–Trinajstić information content (AvgIpc) is 2.93. The molecule has 7 nitrogen and oxygen atoms in total. The molecule has 0 saturated carbocycles.